The third-order valence-corrected chi connectivity index (χ3v) is 3.57. The van der Waals surface area contributed by atoms with E-state index in [-0.39, 0.29) is 18.4 Å². The largest absolute Gasteiger partial charge is 0.356 e. The van der Waals surface area contributed by atoms with Gasteiger partial charge in [-0.25, -0.2) is 0 Å². The molecule has 1 atom stereocenters. The number of nitrogens with zero attached hydrogens (tertiary/aromatic N) is 1. The van der Waals surface area contributed by atoms with Gasteiger partial charge in [0.05, 0.1) is 6.42 Å². The monoisotopic (exact) mass is 294 g/mol. The van der Waals surface area contributed by atoms with Gasteiger partial charge >= 0.3 is 0 Å². The van der Waals surface area contributed by atoms with E-state index in [0.717, 1.165) is 11.8 Å². The molecular formula is C15H19ClN2O2. The van der Waals surface area contributed by atoms with Crippen molar-refractivity contribution in [2.45, 2.75) is 32.7 Å². The van der Waals surface area contributed by atoms with Crippen LogP contribution in [0, 0.1) is 5.92 Å². The Morgan fingerprint density at radius 2 is 2.15 bits per heavy atom. The molecule has 1 unspecified atom stereocenters. The van der Waals surface area contributed by atoms with Crippen LogP contribution in [0.25, 0.3) is 11.0 Å². The summed E-state index contributed by atoms with van der Waals surface area (Å²) in [4.78, 5) is 12.1. The van der Waals surface area contributed by atoms with E-state index in [1.165, 1.54) is 0 Å². The molecule has 2 aromatic rings. The van der Waals surface area contributed by atoms with Crippen molar-refractivity contribution in [3.63, 3.8) is 0 Å². The fourth-order valence-corrected chi connectivity index (χ4v) is 2.40. The van der Waals surface area contributed by atoms with E-state index in [1.807, 2.05) is 24.3 Å². The molecular weight excluding hydrogens is 276 g/mol. The number of amides is 1. The normalized spacial score (nSPS) is 12.8. The number of benzene rings is 1. The highest BCUT2D eigenvalue weighted by Gasteiger charge is 2.18. The van der Waals surface area contributed by atoms with Crippen molar-refractivity contribution < 1.29 is 9.32 Å². The van der Waals surface area contributed by atoms with Crippen LogP contribution in [-0.4, -0.2) is 23.0 Å². The summed E-state index contributed by atoms with van der Waals surface area (Å²) in [7, 11) is 0. The van der Waals surface area contributed by atoms with Crippen LogP contribution in [0.3, 0.4) is 0 Å². The molecule has 0 saturated carbocycles. The molecule has 0 aliphatic rings. The number of para-hydroxylation sites is 1. The summed E-state index contributed by atoms with van der Waals surface area (Å²) < 4.78 is 5.20. The van der Waals surface area contributed by atoms with E-state index in [9.17, 15) is 4.79 Å². The number of nitrogens with one attached hydrogen (secondary N) is 1. The fourth-order valence-electron chi connectivity index (χ4n) is 2.17. The van der Waals surface area contributed by atoms with Crippen molar-refractivity contribution in [1.82, 2.24) is 10.5 Å². The molecule has 1 amide bonds. The lowest BCUT2D eigenvalue weighted by atomic mass is 10.0. The second-order valence-corrected chi connectivity index (χ2v) is 5.58. The third kappa shape index (κ3) is 3.51. The van der Waals surface area contributed by atoms with Crippen molar-refractivity contribution in [3.05, 3.63) is 30.0 Å². The van der Waals surface area contributed by atoms with Gasteiger partial charge in [0, 0.05) is 17.3 Å². The zero-order valence-electron chi connectivity index (χ0n) is 11.7. The third-order valence-electron chi connectivity index (χ3n) is 3.35. The van der Waals surface area contributed by atoms with Crippen molar-refractivity contribution in [1.29, 1.82) is 0 Å². The van der Waals surface area contributed by atoms with E-state index in [0.29, 0.717) is 23.1 Å². The van der Waals surface area contributed by atoms with Gasteiger partial charge in [-0.05, 0) is 24.5 Å². The SMILES string of the molecule is CC(C)C(CCCl)NC(=O)Cc1noc2ccccc12. The number of hydrogen-bond donors (Lipinski definition) is 1. The van der Waals surface area contributed by atoms with Gasteiger partial charge < -0.3 is 9.84 Å². The Morgan fingerprint density at radius 3 is 2.85 bits per heavy atom. The van der Waals surface area contributed by atoms with Crippen LogP contribution in [0.15, 0.2) is 28.8 Å². The van der Waals surface area contributed by atoms with Gasteiger partial charge in [0.2, 0.25) is 5.91 Å². The minimum absolute atomic E-state index is 0.0483. The summed E-state index contributed by atoms with van der Waals surface area (Å²) in [5.74, 6) is 0.843. The molecule has 1 aromatic carbocycles. The van der Waals surface area contributed by atoms with Crippen molar-refractivity contribution in [3.8, 4) is 0 Å². The number of aromatic nitrogens is 1. The predicted octanol–water partition coefficient (Wildman–Crippen LogP) is 3.14. The van der Waals surface area contributed by atoms with Gasteiger partial charge in [-0.2, -0.15) is 0 Å². The Hall–Kier alpha value is -1.55. The summed E-state index contributed by atoms with van der Waals surface area (Å²) in [5, 5.41) is 7.88. The van der Waals surface area contributed by atoms with Crippen molar-refractivity contribution in [2.24, 2.45) is 5.92 Å². The molecule has 0 radical (unpaired) electrons. The first kappa shape index (κ1) is 14.9. The Kier molecular flexibility index (Phi) is 5.01. The lowest BCUT2D eigenvalue weighted by Gasteiger charge is -2.21. The molecule has 5 heteroatoms. The van der Waals surface area contributed by atoms with Gasteiger partial charge in [0.25, 0.3) is 0 Å². The van der Waals surface area contributed by atoms with Gasteiger partial charge in [-0.3, -0.25) is 4.79 Å². The van der Waals surface area contributed by atoms with E-state index < -0.39 is 0 Å². The quantitative estimate of drug-likeness (QED) is 0.833. The Morgan fingerprint density at radius 1 is 1.40 bits per heavy atom. The van der Waals surface area contributed by atoms with E-state index in [2.05, 4.69) is 24.3 Å². The molecule has 0 spiro atoms. The molecule has 1 N–H and O–H groups in total. The average Bonchev–Trinajstić information content (AvgIpc) is 2.81. The first-order valence-corrected chi connectivity index (χ1v) is 7.34. The lowest BCUT2D eigenvalue weighted by molar-refractivity contribution is -0.121. The number of carbonyl (C=O) groups is 1. The van der Waals surface area contributed by atoms with Crippen LogP contribution in [0.5, 0.6) is 0 Å². The standard InChI is InChI=1S/C15H19ClN2O2/c1-10(2)12(7-8-16)17-15(19)9-13-11-5-3-4-6-14(11)20-18-13/h3-6,10,12H,7-9H2,1-2H3,(H,17,19). The number of halogens is 1. The number of rotatable bonds is 6. The van der Waals surface area contributed by atoms with Gasteiger partial charge in [-0.1, -0.05) is 31.1 Å². The lowest BCUT2D eigenvalue weighted by Crippen LogP contribution is -2.39. The highest BCUT2D eigenvalue weighted by molar-refractivity contribution is 6.17. The maximum Gasteiger partial charge on any atom is 0.226 e. The Balaban J connectivity index is 2.04. The summed E-state index contributed by atoms with van der Waals surface area (Å²) >= 11 is 5.77. The highest BCUT2D eigenvalue weighted by atomic mass is 35.5. The second-order valence-electron chi connectivity index (χ2n) is 5.20. The van der Waals surface area contributed by atoms with E-state index >= 15 is 0 Å². The number of carbonyl (C=O) groups excluding carboxylic acids is 1. The van der Waals surface area contributed by atoms with Gasteiger partial charge in [0.1, 0.15) is 5.69 Å². The first-order valence-electron chi connectivity index (χ1n) is 6.80. The minimum Gasteiger partial charge on any atom is -0.356 e. The molecule has 0 aliphatic carbocycles. The number of fused-ring (bicyclic) bond motifs is 1. The predicted molar refractivity (Wildman–Crippen MR) is 79.8 cm³/mol. The first-order chi connectivity index (χ1) is 9.61. The summed E-state index contributed by atoms with van der Waals surface area (Å²) in [5.41, 5.74) is 1.38. The Labute approximate surface area is 123 Å². The molecule has 108 valence electrons. The molecule has 1 heterocycles. The molecule has 0 fully saturated rings. The molecule has 20 heavy (non-hydrogen) atoms. The van der Waals surface area contributed by atoms with Crippen molar-refractivity contribution >= 4 is 28.5 Å². The molecule has 1 aromatic heterocycles. The van der Waals surface area contributed by atoms with Gasteiger partial charge in [0.15, 0.2) is 5.58 Å². The van der Waals surface area contributed by atoms with E-state index in [1.54, 1.807) is 0 Å². The Bertz CT molecular complexity index is 580. The van der Waals surface area contributed by atoms with Crippen LogP contribution < -0.4 is 5.32 Å². The average molecular weight is 295 g/mol. The van der Waals surface area contributed by atoms with Crippen LogP contribution in [0.1, 0.15) is 26.0 Å². The molecule has 4 nitrogen and oxygen atoms in total. The number of hydrogen-bond acceptors (Lipinski definition) is 3. The fraction of sp³-hybridized carbons (Fsp3) is 0.467. The maximum absolute atomic E-state index is 12.1. The summed E-state index contributed by atoms with van der Waals surface area (Å²) in [6.07, 6.45) is 0.993. The van der Waals surface area contributed by atoms with Crippen LogP contribution in [0.2, 0.25) is 0 Å². The topological polar surface area (TPSA) is 55.1 Å². The van der Waals surface area contributed by atoms with E-state index in [4.69, 9.17) is 16.1 Å². The molecule has 2 rings (SSSR count). The maximum atomic E-state index is 12.1. The molecule has 0 saturated heterocycles. The van der Waals surface area contributed by atoms with Crippen LogP contribution in [-0.2, 0) is 11.2 Å². The zero-order chi connectivity index (χ0) is 14.5. The van der Waals surface area contributed by atoms with Gasteiger partial charge in [-0.15, -0.1) is 11.6 Å². The second kappa shape index (κ2) is 6.75. The van der Waals surface area contributed by atoms with Crippen LogP contribution >= 0.6 is 11.6 Å². The molecule has 0 aliphatic heterocycles. The zero-order valence-corrected chi connectivity index (χ0v) is 12.5. The number of alkyl halides is 1. The minimum atomic E-state index is -0.0483. The highest BCUT2D eigenvalue weighted by Crippen LogP contribution is 2.18. The molecule has 0 bridgehead atoms. The van der Waals surface area contributed by atoms with Crippen molar-refractivity contribution in [2.75, 3.05) is 5.88 Å². The smallest absolute Gasteiger partial charge is 0.226 e. The summed E-state index contributed by atoms with van der Waals surface area (Å²) in [6, 6.07) is 7.64. The summed E-state index contributed by atoms with van der Waals surface area (Å²) in [6.45, 7) is 4.14. The van der Waals surface area contributed by atoms with Crippen LogP contribution in [0.4, 0.5) is 0 Å².